The van der Waals surface area contributed by atoms with E-state index in [1.54, 1.807) is 53.7 Å². The molecule has 1 rings (SSSR count). The summed E-state index contributed by atoms with van der Waals surface area (Å²) in [5, 5.41) is 2.55. The van der Waals surface area contributed by atoms with Gasteiger partial charge in [0.15, 0.2) is 0 Å². The van der Waals surface area contributed by atoms with E-state index >= 15 is 0 Å². The summed E-state index contributed by atoms with van der Waals surface area (Å²) in [7, 11) is 0. The number of hydrogen-bond acceptors (Lipinski definition) is 4. The Labute approximate surface area is 162 Å². The predicted molar refractivity (Wildman–Crippen MR) is 101 cm³/mol. The molecule has 1 aromatic carbocycles. The lowest BCUT2D eigenvalue weighted by Crippen LogP contribution is -2.56. The van der Waals surface area contributed by atoms with Gasteiger partial charge < -0.3 is 14.8 Å². The van der Waals surface area contributed by atoms with Gasteiger partial charge in [-0.1, -0.05) is 22.0 Å². The number of nitrogens with one attached hydrogen (secondary N) is 1. The molecule has 26 heavy (non-hydrogen) atoms. The molecular formula is C19H27BrFNO4. The van der Waals surface area contributed by atoms with Crippen LogP contribution in [0.5, 0.6) is 0 Å². The van der Waals surface area contributed by atoms with Gasteiger partial charge in [0.25, 0.3) is 0 Å². The maximum Gasteiger partial charge on any atom is 0.408 e. The summed E-state index contributed by atoms with van der Waals surface area (Å²) < 4.78 is 25.5. The molecule has 0 unspecified atom stereocenters. The van der Waals surface area contributed by atoms with Crippen molar-refractivity contribution < 1.29 is 23.5 Å². The standard InChI is InChI=1S/C19H27BrFNO4/c1-17(2,3)25-15(23)19(7,22-16(24)26-18(4,5)6)11-12-8-9-13(20)10-14(12)21/h8-10H,11H2,1-7H3,(H,22,24)/t19-/m0/s1. The Hall–Kier alpha value is -1.63. The van der Waals surface area contributed by atoms with Crippen molar-refractivity contribution in [3.8, 4) is 0 Å². The summed E-state index contributed by atoms with van der Waals surface area (Å²) >= 11 is 3.20. The molecule has 0 bridgehead atoms. The van der Waals surface area contributed by atoms with Gasteiger partial charge in [0, 0.05) is 10.9 Å². The third-order valence-electron chi connectivity index (χ3n) is 3.19. The van der Waals surface area contributed by atoms with Crippen molar-refractivity contribution in [3.63, 3.8) is 0 Å². The summed E-state index contributed by atoms with van der Waals surface area (Å²) in [6.45, 7) is 11.8. The Kier molecular flexibility index (Phi) is 6.85. The number of amides is 1. The Morgan fingerprint density at radius 1 is 1.04 bits per heavy atom. The molecule has 0 aliphatic heterocycles. The SMILES string of the molecule is CC(C)(C)OC(=O)N[C@@](C)(Cc1ccc(Br)cc1F)C(=O)OC(C)(C)C. The zero-order chi connectivity index (χ0) is 20.3. The minimum atomic E-state index is -1.50. The van der Waals surface area contributed by atoms with Gasteiger partial charge in [0.2, 0.25) is 0 Å². The van der Waals surface area contributed by atoms with E-state index in [-0.39, 0.29) is 12.0 Å². The summed E-state index contributed by atoms with van der Waals surface area (Å²) in [5.74, 6) is -1.15. The van der Waals surface area contributed by atoms with Gasteiger partial charge >= 0.3 is 12.1 Å². The molecule has 1 N–H and O–H groups in total. The van der Waals surface area contributed by atoms with E-state index in [0.29, 0.717) is 4.47 Å². The zero-order valence-electron chi connectivity index (χ0n) is 16.3. The van der Waals surface area contributed by atoms with Crippen molar-refractivity contribution >= 4 is 28.0 Å². The Balaban J connectivity index is 3.15. The third kappa shape index (κ3) is 7.32. The summed E-state index contributed by atoms with van der Waals surface area (Å²) in [4.78, 5) is 25.0. The Morgan fingerprint density at radius 2 is 1.58 bits per heavy atom. The molecule has 0 aliphatic carbocycles. The normalized spacial score (nSPS) is 14.3. The van der Waals surface area contributed by atoms with Crippen molar-refractivity contribution in [3.05, 3.63) is 34.1 Å². The van der Waals surface area contributed by atoms with Crippen LogP contribution < -0.4 is 5.32 Å². The summed E-state index contributed by atoms with van der Waals surface area (Å²) in [6.07, 6.45) is -0.858. The maximum atomic E-state index is 14.3. The molecule has 0 saturated heterocycles. The smallest absolute Gasteiger partial charge is 0.408 e. The van der Waals surface area contributed by atoms with Crippen molar-refractivity contribution in [1.82, 2.24) is 5.32 Å². The molecule has 0 aliphatic rings. The van der Waals surface area contributed by atoms with Crippen molar-refractivity contribution in [2.24, 2.45) is 0 Å². The quantitative estimate of drug-likeness (QED) is 0.698. The fourth-order valence-corrected chi connectivity index (χ4v) is 2.47. The highest BCUT2D eigenvalue weighted by atomic mass is 79.9. The lowest BCUT2D eigenvalue weighted by atomic mass is 9.92. The van der Waals surface area contributed by atoms with Crippen molar-refractivity contribution in [2.75, 3.05) is 0 Å². The first-order valence-corrected chi connectivity index (χ1v) is 9.09. The lowest BCUT2D eigenvalue weighted by Gasteiger charge is -2.33. The second kappa shape index (κ2) is 7.94. The van der Waals surface area contributed by atoms with Crippen LogP contribution in [0.1, 0.15) is 54.0 Å². The Morgan fingerprint density at radius 3 is 2.04 bits per heavy atom. The van der Waals surface area contributed by atoms with Crippen LogP contribution in [0, 0.1) is 5.82 Å². The number of esters is 1. The number of carbonyl (C=O) groups is 2. The van der Waals surface area contributed by atoms with Crippen LogP contribution in [0.4, 0.5) is 9.18 Å². The molecule has 7 heteroatoms. The molecule has 5 nitrogen and oxygen atoms in total. The van der Waals surface area contributed by atoms with Crippen LogP contribution in [0.15, 0.2) is 22.7 Å². The molecule has 146 valence electrons. The van der Waals surface area contributed by atoms with E-state index < -0.39 is 34.6 Å². The maximum absolute atomic E-state index is 14.3. The average Bonchev–Trinajstić information content (AvgIpc) is 2.37. The van der Waals surface area contributed by atoms with Gasteiger partial charge in [-0.15, -0.1) is 0 Å². The van der Waals surface area contributed by atoms with Gasteiger partial charge in [-0.2, -0.15) is 0 Å². The minimum Gasteiger partial charge on any atom is -0.458 e. The number of ether oxygens (including phenoxy) is 2. The molecule has 0 spiro atoms. The summed E-state index contributed by atoms with van der Waals surface area (Å²) in [6, 6.07) is 4.53. The predicted octanol–water partition coefficient (Wildman–Crippen LogP) is 4.76. The van der Waals surface area contributed by atoms with Gasteiger partial charge in [-0.3, -0.25) is 0 Å². The molecule has 0 fully saturated rings. The van der Waals surface area contributed by atoms with E-state index in [9.17, 15) is 14.0 Å². The summed E-state index contributed by atoms with van der Waals surface area (Å²) in [5.41, 5.74) is -2.71. The average molecular weight is 432 g/mol. The molecule has 1 atom stereocenters. The highest BCUT2D eigenvalue weighted by Gasteiger charge is 2.40. The monoisotopic (exact) mass is 431 g/mol. The number of alkyl carbamates (subject to hydrolysis) is 1. The zero-order valence-corrected chi connectivity index (χ0v) is 17.9. The largest absolute Gasteiger partial charge is 0.458 e. The number of halogens is 2. The van der Waals surface area contributed by atoms with Crippen molar-refractivity contribution in [2.45, 2.75) is 71.6 Å². The molecule has 1 aromatic rings. The Bertz CT molecular complexity index is 679. The molecule has 1 amide bonds. The lowest BCUT2D eigenvalue weighted by molar-refractivity contribution is -0.162. The van der Waals surface area contributed by atoms with Crippen LogP contribution in [0.25, 0.3) is 0 Å². The number of benzene rings is 1. The van der Waals surface area contributed by atoms with E-state index in [1.165, 1.54) is 13.0 Å². The first kappa shape index (κ1) is 22.4. The first-order chi connectivity index (χ1) is 11.6. The van der Waals surface area contributed by atoms with Gasteiger partial charge in [0.1, 0.15) is 22.6 Å². The first-order valence-electron chi connectivity index (χ1n) is 8.30. The van der Waals surface area contributed by atoms with Gasteiger partial charge in [-0.05, 0) is 66.2 Å². The van der Waals surface area contributed by atoms with Gasteiger partial charge in [0.05, 0.1) is 0 Å². The minimum absolute atomic E-state index is 0.0831. The fourth-order valence-electron chi connectivity index (χ4n) is 2.13. The molecular weight excluding hydrogens is 405 g/mol. The van der Waals surface area contributed by atoms with E-state index in [1.807, 2.05) is 0 Å². The van der Waals surface area contributed by atoms with Gasteiger partial charge in [-0.25, -0.2) is 14.0 Å². The molecule has 0 radical (unpaired) electrons. The van der Waals surface area contributed by atoms with Crippen LogP contribution in [-0.2, 0) is 20.7 Å². The van der Waals surface area contributed by atoms with Crippen LogP contribution in [0.2, 0.25) is 0 Å². The number of rotatable bonds is 4. The molecule has 0 saturated carbocycles. The highest BCUT2D eigenvalue weighted by molar-refractivity contribution is 9.10. The number of hydrogen-bond donors (Lipinski definition) is 1. The van der Waals surface area contributed by atoms with E-state index in [0.717, 1.165) is 0 Å². The second-order valence-electron chi connectivity index (χ2n) is 8.37. The van der Waals surface area contributed by atoms with E-state index in [4.69, 9.17) is 9.47 Å². The topological polar surface area (TPSA) is 64.6 Å². The van der Waals surface area contributed by atoms with Crippen LogP contribution in [0.3, 0.4) is 0 Å². The molecule has 0 aromatic heterocycles. The molecule has 0 heterocycles. The van der Waals surface area contributed by atoms with Crippen LogP contribution in [-0.4, -0.2) is 28.8 Å². The van der Waals surface area contributed by atoms with Crippen LogP contribution >= 0.6 is 15.9 Å². The third-order valence-corrected chi connectivity index (χ3v) is 3.68. The van der Waals surface area contributed by atoms with Crippen molar-refractivity contribution in [1.29, 1.82) is 0 Å². The number of carbonyl (C=O) groups excluding carboxylic acids is 2. The highest BCUT2D eigenvalue weighted by Crippen LogP contribution is 2.23. The fraction of sp³-hybridized carbons (Fsp3) is 0.579. The van der Waals surface area contributed by atoms with E-state index in [2.05, 4.69) is 21.2 Å². The second-order valence-corrected chi connectivity index (χ2v) is 9.29.